The number of ether oxygens (including phenoxy) is 3. The summed E-state index contributed by atoms with van der Waals surface area (Å²) in [5.41, 5.74) is 1.86. The van der Waals surface area contributed by atoms with Crippen LogP contribution in [-0.4, -0.2) is 63.4 Å². The number of carbonyl (C=O) groups excluding carboxylic acids is 3. The molecule has 3 rings (SSSR count). The third-order valence-corrected chi connectivity index (χ3v) is 5.85. The van der Waals surface area contributed by atoms with Crippen molar-refractivity contribution in [3.63, 3.8) is 0 Å². The Kier molecular flexibility index (Phi) is 11.0. The Hall–Kier alpha value is -2.86. The molecule has 0 amide bonds. The molecule has 0 fully saturated rings. The van der Waals surface area contributed by atoms with Crippen molar-refractivity contribution in [3.05, 3.63) is 76.7 Å². The van der Waals surface area contributed by atoms with Crippen molar-refractivity contribution in [2.75, 3.05) is 0 Å². The summed E-state index contributed by atoms with van der Waals surface area (Å²) < 4.78 is 28.2. The monoisotopic (exact) mass is 525 g/mol. The number of esters is 3. The Morgan fingerprint density at radius 1 is 1.06 bits per heavy atom. The molecule has 0 aliphatic carbocycles. The molecule has 0 spiro atoms. The molecule has 186 valence electrons. The van der Waals surface area contributed by atoms with E-state index in [-0.39, 0.29) is 24.5 Å². The predicted molar refractivity (Wildman–Crippen MR) is 130 cm³/mol. The van der Waals surface area contributed by atoms with Crippen molar-refractivity contribution in [1.29, 1.82) is 0 Å². The van der Waals surface area contributed by atoms with E-state index in [4.69, 9.17) is 14.2 Å². The second kappa shape index (κ2) is 13.4. The summed E-state index contributed by atoms with van der Waals surface area (Å²) >= 11 is 1.50. The van der Waals surface area contributed by atoms with Gasteiger partial charge in [-0.1, -0.05) is 0 Å². The van der Waals surface area contributed by atoms with Gasteiger partial charge in [-0.15, -0.1) is 16.9 Å². The third kappa shape index (κ3) is 8.37. The second-order valence-corrected chi connectivity index (χ2v) is 8.73. The minimum Gasteiger partial charge on any atom is -1.00 e. The maximum absolute atomic E-state index is 13.1. The molecule has 1 N–H and O–H groups in total. The van der Waals surface area contributed by atoms with E-state index in [1.54, 1.807) is 24.3 Å². The normalized spacial score (nSPS) is 12.3. The van der Waals surface area contributed by atoms with E-state index < -0.39 is 42.4 Å². The quantitative estimate of drug-likeness (QED) is 0.149. The summed E-state index contributed by atoms with van der Waals surface area (Å²) in [7, 11) is 0. The van der Waals surface area contributed by atoms with Gasteiger partial charge in [0.1, 0.15) is 6.10 Å². The van der Waals surface area contributed by atoms with Crippen molar-refractivity contribution < 1.29 is 39.5 Å². The molecule has 0 radical (unpaired) electrons. The van der Waals surface area contributed by atoms with Crippen LogP contribution in [0.15, 0.2) is 48.7 Å². The number of hydrogen-bond acceptors (Lipinski definition) is 9. The number of aliphatic hydroxyl groups is 1. The van der Waals surface area contributed by atoms with Gasteiger partial charge in [0.2, 0.25) is 12.1 Å². The number of pyridine rings is 1. The SMILES string of the molecule is CC(=O)OC(OC(C)=O)[C@@H](OC(C)=O)C(O)c1cc[c-]c(Cc2ccc(-c3ccc(F)nc3)s2)c1.[H-].[Mg+2]. The van der Waals surface area contributed by atoms with Crippen LogP contribution in [0, 0.1) is 12.0 Å². The average molecular weight is 526 g/mol. The van der Waals surface area contributed by atoms with Gasteiger partial charge in [-0.3, -0.25) is 14.4 Å². The number of benzene rings is 1. The van der Waals surface area contributed by atoms with Gasteiger partial charge in [0.15, 0.2) is 0 Å². The average Bonchev–Trinajstić information content (AvgIpc) is 3.25. The van der Waals surface area contributed by atoms with Crippen LogP contribution in [0.3, 0.4) is 0 Å². The molecule has 2 aromatic heterocycles. The van der Waals surface area contributed by atoms with E-state index in [1.807, 2.05) is 12.1 Å². The van der Waals surface area contributed by atoms with Crippen LogP contribution in [0.25, 0.3) is 10.4 Å². The summed E-state index contributed by atoms with van der Waals surface area (Å²) in [5.74, 6) is -2.88. The summed E-state index contributed by atoms with van der Waals surface area (Å²) in [6.45, 7) is 3.31. The van der Waals surface area contributed by atoms with Crippen LogP contribution in [0.1, 0.15) is 44.3 Å². The van der Waals surface area contributed by atoms with Gasteiger partial charge < -0.3 is 20.7 Å². The standard InChI is InChI=1S/C25H23FNO7S.Mg.H/c1-14(28)32-24(25(33-15(2)29)34-16(3)30)23(31)18-6-4-5-17(11-18)12-20-8-9-21(35-20)19-7-10-22(26)27-13-19;;/h4,6-11,13,23-25,31H,12H2,1-3H3;;/q-1;+2;-1/t23?,24-;;/m0../s1. The molecule has 2 heterocycles. The summed E-state index contributed by atoms with van der Waals surface area (Å²) in [6.07, 6.45) is -2.66. The van der Waals surface area contributed by atoms with Gasteiger partial charge >= 0.3 is 41.0 Å². The number of rotatable bonds is 9. The molecular weight excluding hydrogens is 502 g/mol. The number of halogens is 1. The Balaban J connectivity index is 0.00000342. The van der Waals surface area contributed by atoms with Gasteiger partial charge in [-0.05, 0) is 30.7 Å². The fraction of sp³-hybridized carbons (Fsp3) is 0.280. The molecule has 0 saturated heterocycles. The molecule has 11 heteroatoms. The van der Waals surface area contributed by atoms with Gasteiger partial charge in [0.25, 0.3) is 6.29 Å². The smallest absolute Gasteiger partial charge is 1.00 e. The molecule has 0 aliphatic heterocycles. The first-order valence-electron chi connectivity index (χ1n) is 10.5. The van der Waals surface area contributed by atoms with Crippen LogP contribution in [-0.2, 0) is 35.0 Å². The van der Waals surface area contributed by atoms with E-state index in [0.29, 0.717) is 12.0 Å². The molecule has 1 unspecified atom stereocenters. The van der Waals surface area contributed by atoms with Crippen molar-refractivity contribution in [2.24, 2.45) is 0 Å². The van der Waals surface area contributed by atoms with Gasteiger partial charge in [0, 0.05) is 42.3 Å². The first kappa shape index (κ1) is 29.4. The Bertz CT molecular complexity index is 1190. The maximum Gasteiger partial charge on any atom is 2.00 e. The zero-order valence-corrected chi connectivity index (χ0v) is 22.1. The van der Waals surface area contributed by atoms with E-state index >= 15 is 0 Å². The van der Waals surface area contributed by atoms with Crippen LogP contribution in [0.5, 0.6) is 0 Å². The van der Waals surface area contributed by atoms with Crippen LogP contribution < -0.4 is 0 Å². The third-order valence-electron chi connectivity index (χ3n) is 4.71. The minimum absolute atomic E-state index is 0. The van der Waals surface area contributed by atoms with Crippen molar-refractivity contribution in [1.82, 2.24) is 4.98 Å². The Morgan fingerprint density at radius 3 is 2.31 bits per heavy atom. The molecule has 36 heavy (non-hydrogen) atoms. The van der Waals surface area contributed by atoms with Crippen molar-refractivity contribution >= 4 is 52.3 Å². The number of hydrogen-bond donors (Lipinski definition) is 1. The van der Waals surface area contributed by atoms with Gasteiger partial charge in [-0.2, -0.15) is 34.2 Å². The molecule has 0 saturated carbocycles. The van der Waals surface area contributed by atoms with Crippen molar-refractivity contribution in [3.8, 4) is 10.4 Å². The number of aliphatic hydroxyl groups excluding tert-OH is 1. The topological polar surface area (TPSA) is 112 Å². The Labute approximate surface area is 229 Å². The zero-order valence-electron chi connectivity index (χ0n) is 20.9. The predicted octanol–water partition coefficient (Wildman–Crippen LogP) is 3.49. The summed E-state index contributed by atoms with van der Waals surface area (Å²) in [6, 6.07) is 14.7. The first-order valence-corrected chi connectivity index (χ1v) is 11.3. The van der Waals surface area contributed by atoms with Crippen LogP contribution >= 0.6 is 11.3 Å². The summed E-state index contributed by atoms with van der Waals surface area (Å²) in [4.78, 5) is 40.3. The molecule has 2 atom stereocenters. The van der Waals surface area contributed by atoms with Gasteiger partial charge in [0.05, 0.1) is 0 Å². The molecule has 3 aromatic rings. The Morgan fingerprint density at radius 2 is 1.72 bits per heavy atom. The molecule has 0 bridgehead atoms. The number of thiophene rings is 1. The molecule has 8 nitrogen and oxygen atoms in total. The summed E-state index contributed by atoms with van der Waals surface area (Å²) in [5, 5.41) is 11.0. The van der Waals surface area contributed by atoms with E-state index in [0.717, 1.165) is 41.7 Å². The second-order valence-electron chi connectivity index (χ2n) is 7.57. The van der Waals surface area contributed by atoms with Crippen LogP contribution in [0.2, 0.25) is 0 Å². The van der Waals surface area contributed by atoms with Crippen LogP contribution in [0.4, 0.5) is 4.39 Å². The number of nitrogens with zero attached hydrogens (tertiary/aromatic N) is 1. The van der Waals surface area contributed by atoms with Gasteiger partial charge in [-0.25, -0.2) is 4.98 Å². The van der Waals surface area contributed by atoms with Crippen molar-refractivity contribution in [2.45, 2.75) is 45.7 Å². The fourth-order valence-corrected chi connectivity index (χ4v) is 4.32. The van der Waals surface area contributed by atoms with E-state index in [9.17, 15) is 23.9 Å². The molecule has 1 aromatic carbocycles. The minimum atomic E-state index is -1.64. The maximum atomic E-state index is 13.1. The fourth-order valence-electron chi connectivity index (χ4n) is 3.29. The van der Waals surface area contributed by atoms with E-state index in [2.05, 4.69) is 11.1 Å². The number of aromatic nitrogens is 1. The molecular formula is C25H24FMgNO7S. The largest absolute Gasteiger partial charge is 2.00 e. The molecule has 0 aliphatic rings. The van der Waals surface area contributed by atoms with E-state index in [1.165, 1.54) is 23.6 Å². The zero-order chi connectivity index (χ0) is 25.5. The first-order chi connectivity index (χ1) is 16.6. The number of carbonyl (C=O) groups is 3.